The predicted molar refractivity (Wildman–Crippen MR) is 91.7 cm³/mol. The van der Waals surface area contributed by atoms with Gasteiger partial charge in [0.25, 0.3) is 0 Å². The van der Waals surface area contributed by atoms with Crippen LogP contribution in [-0.4, -0.2) is 20.2 Å². The minimum absolute atomic E-state index is 0.210. The van der Waals surface area contributed by atoms with E-state index < -0.39 is 0 Å². The zero-order valence-electron chi connectivity index (χ0n) is 13.2. The molecule has 3 aromatic rings. The number of fused-ring (bicyclic) bond motifs is 2. The van der Waals surface area contributed by atoms with Crippen molar-refractivity contribution < 1.29 is 0 Å². The number of aryl methyl sites for hydroxylation is 1. The Labute approximate surface area is 138 Å². The van der Waals surface area contributed by atoms with Gasteiger partial charge in [0.05, 0.1) is 7.05 Å². The van der Waals surface area contributed by atoms with E-state index >= 15 is 0 Å². The van der Waals surface area contributed by atoms with Crippen molar-refractivity contribution >= 4 is 21.4 Å². The summed E-state index contributed by atoms with van der Waals surface area (Å²) in [7, 11) is 1.75. The summed E-state index contributed by atoms with van der Waals surface area (Å²) >= 11 is 1.76. The van der Waals surface area contributed by atoms with Crippen molar-refractivity contribution in [3.63, 3.8) is 0 Å². The molecule has 0 saturated heterocycles. The fraction of sp³-hybridized carbons (Fsp3) is 0.412. The quantitative estimate of drug-likeness (QED) is 0.726. The van der Waals surface area contributed by atoms with E-state index in [2.05, 4.69) is 22.3 Å². The molecule has 118 valence electrons. The number of nitrogens with zero attached hydrogens (tertiary/aromatic N) is 4. The van der Waals surface area contributed by atoms with Crippen LogP contribution in [0, 0.1) is 5.92 Å². The summed E-state index contributed by atoms with van der Waals surface area (Å²) in [5.74, 6) is 1.30. The Morgan fingerprint density at radius 2 is 2.26 bits per heavy atom. The molecule has 2 aromatic heterocycles. The maximum atomic E-state index is 12.8. The molecule has 0 fully saturated rings. The van der Waals surface area contributed by atoms with Crippen LogP contribution in [0.4, 0.5) is 0 Å². The molecule has 4 rings (SSSR count). The lowest BCUT2D eigenvalue weighted by Gasteiger charge is -2.22. The third-order valence-corrected chi connectivity index (χ3v) is 5.91. The zero-order valence-corrected chi connectivity index (χ0v) is 14.1. The first-order valence-corrected chi connectivity index (χ1v) is 8.80. The van der Waals surface area contributed by atoms with Crippen LogP contribution >= 0.6 is 11.3 Å². The fourth-order valence-electron chi connectivity index (χ4n) is 3.30. The second-order valence-electron chi connectivity index (χ2n) is 6.16. The molecule has 1 aliphatic rings. The molecule has 0 bridgehead atoms. The van der Waals surface area contributed by atoms with Gasteiger partial charge in [0.1, 0.15) is 0 Å². The Bertz CT molecular complexity index is 943. The highest BCUT2D eigenvalue weighted by Gasteiger charge is 2.22. The highest BCUT2D eigenvalue weighted by Crippen LogP contribution is 2.33. The second-order valence-corrected chi connectivity index (χ2v) is 7.30. The van der Waals surface area contributed by atoms with E-state index in [0.29, 0.717) is 11.7 Å². The molecule has 1 atom stereocenters. The molecule has 0 aliphatic heterocycles. The molecule has 0 saturated carbocycles. The summed E-state index contributed by atoms with van der Waals surface area (Å²) in [4.78, 5) is 15.5. The van der Waals surface area contributed by atoms with E-state index in [9.17, 15) is 4.79 Å². The van der Waals surface area contributed by atoms with Crippen LogP contribution in [0.2, 0.25) is 0 Å². The zero-order chi connectivity index (χ0) is 16.0. The molecule has 0 spiro atoms. The van der Waals surface area contributed by atoms with Crippen LogP contribution < -0.4 is 5.43 Å². The highest BCUT2D eigenvalue weighted by molar-refractivity contribution is 7.18. The van der Waals surface area contributed by atoms with Crippen molar-refractivity contribution in [3.8, 4) is 11.4 Å². The summed E-state index contributed by atoms with van der Waals surface area (Å²) < 4.78 is 1.02. The van der Waals surface area contributed by atoms with Gasteiger partial charge in [-0.2, -0.15) is 4.80 Å². The lowest BCUT2D eigenvalue weighted by atomic mass is 9.86. The van der Waals surface area contributed by atoms with Crippen LogP contribution in [0.3, 0.4) is 0 Å². The van der Waals surface area contributed by atoms with Crippen LogP contribution in [0.5, 0.6) is 0 Å². The van der Waals surface area contributed by atoms with Gasteiger partial charge in [-0.25, -0.2) is 0 Å². The Kier molecular flexibility index (Phi) is 3.49. The Balaban J connectivity index is 1.87. The van der Waals surface area contributed by atoms with Crippen molar-refractivity contribution in [1.82, 2.24) is 20.2 Å². The minimum atomic E-state index is 0.210. The smallest absolute Gasteiger partial charge is 0.204 e. The van der Waals surface area contributed by atoms with E-state index in [1.807, 2.05) is 18.2 Å². The van der Waals surface area contributed by atoms with Gasteiger partial charge in [0.2, 0.25) is 5.82 Å². The fourth-order valence-corrected chi connectivity index (χ4v) is 4.65. The van der Waals surface area contributed by atoms with Gasteiger partial charge in [-0.15, -0.1) is 21.5 Å². The van der Waals surface area contributed by atoms with Gasteiger partial charge in [0, 0.05) is 26.1 Å². The van der Waals surface area contributed by atoms with Gasteiger partial charge >= 0.3 is 0 Å². The van der Waals surface area contributed by atoms with Crippen LogP contribution in [0.1, 0.15) is 30.2 Å². The summed E-state index contributed by atoms with van der Waals surface area (Å²) in [5.41, 5.74) is 2.16. The third kappa shape index (κ3) is 2.47. The molecule has 2 heterocycles. The van der Waals surface area contributed by atoms with Gasteiger partial charge in [-0.3, -0.25) is 4.79 Å². The first-order chi connectivity index (χ1) is 11.2. The molecule has 0 amide bonds. The minimum Gasteiger partial charge on any atom is -0.289 e. The van der Waals surface area contributed by atoms with Crippen LogP contribution in [0.25, 0.3) is 21.5 Å². The maximum Gasteiger partial charge on any atom is 0.204 e. The summed E-state index contributed by atoms with van der Waals surface area (Å²) in [6.45, 7) is 2.23. The Morgan fingerprint density at radius 3 is 3.00 bits per heavy atom. The number of tetrazole rings is 1. The van der Waals surface area contributed by atoms with Crippen molar-refractivity contribution in [2.45, 2.75) is 32.6 Å². The molecule has 1 aliphatic carbocycles. The van der Waals surface area contributed by atoms with Crippen LogP contribution in [0.15, 0.2) is 23.0 Å². The van der Waals surface area contributed by atoms with E-state index in [4.69, 9.17) is 0 Å². The Hall–Kier alpha value is -2.08. The van der Waals surface area contributed by atoms with Crippen molar-refractivity contribution in [1.29, 1.82) is 0 Å². The molecular formula is C17H18N4OS. The van der Waals surface area contributed by atoms with Gasteiger partial charge in [-0.05, 0) is 42.5 Å². The lowest BCUT2D eigenvalue weighted by molar-refractivity contribution is 0.448. The average molecular weight is 326 g/mol. The second kappa shape index (κ2) is 5.53. The van der Waals surface area contributed by atoms with E-state index in [1.165, 1.54) is 16.1 Å². The molecule has 0 N–H and O–H groups in total. The summed E-state index contributed by atoms with van der Waals surface area (Å²) in [6.07, 6.45) is 4.28. The standard InChI is InChI=1S/C17H18N4OS/c1-3-10-4-6-12-14(8-10)23-15-9-11(5-7-13(15)16(12)22)17-18-20-21(2)19-17/h5,7,9-10H,3-4,6,8H2,1-2H3. The SMILES string of the molecule is CCC1CCc2c(sc3cc(-c4nnn(C)n4)ccc3c2=O)C1. The monoisotopic (exact) mass is 326 g/mol. The number of hydrogen-bond donors (Lipinski definition) is 0. The molecule has 5 nitrogen and oxygen atoms in total. The number of aromatic nitrogens is 4. The van der Waals surface area contributed by atoms with Gasteiger partial charge in [-0.1, -0.05) is 19.4 Å². The molecule has 6 heteroatoms. The maximum absolute atomic E-state index is 12.8. The molecule has 1 aromatic carbocycles. The van der Waals surface area contributed by atoms with E-state index in [0.717, 1.165) is 40.5 Å². The van der Waals surface area contributed by atoms with Gasteiger partial charge < -0.3 is 0 Å². The van der Waals surface area contributed by atoms with Crippen LogP contribution in [-0.2, 0) is 19.9 Å². The molecular weight excluding hydrogens is 308 g/mol. The molecule has 0 radical (unpaired) electrons. The van der Waals surface area contributed by atoms with Crippen molar-refractivity contribution in [2.24, 2.45) is 13.0 Å². The normalized spacial score (nSPS) is 17.4. The number of benzene rings is 1. The first kappa shape index (κ1) is 14.5. The van der Waals surface area contributed by atoms with E-state index in [-0.39, 0.29) is 5.43 Å². The molecule has 23 heavy (non-hydrogen) atoms. The number of hydrogen-bond acceptors (Lipinski definition) is 5. The van der Waals surface area contributed by atoms with Gasteiger partial charge in [0.15, 0.2) is 5.43 Å². The topological polar surface area (TPSA) is 60.7 Å². The molecule has 1 unspecified atom stereocenters. The highest BCUT2D eigenvalue weighted by atomic mass is 32.1. The Morgan fingerprint density at radius 1 is 1.39 bits per heavy atom. The summed E-state index contributed by atoms with van der Waals surface area (Å²) in [5, 5.41) is 13.0. The largest absolute Gasteiger partial charge is 0.289 e. The summed E-state index contributed by atoms with van der Waals surface area (Å²) in [6, 6.07) is 5.85. The predicted octanol–water partition coefficient (Wildman–Crippen LogP) is 2.97. The van der Waals surface area contributed by atoms with Crippen molar-refractivity contribution in [3.05, 3.63) is 38.9 Å². The van der Waals surface area contributed by atoms with Crippen molar-refractivity contribution in [2.75, 3.05) is 0 Å². The number of rotatable bonds is 2. The third-order valence-electron chi connectivity index (χ3n) is 4.69. The lowest BCUT2D eigenvalue weighted by Crippen LogP contribution is -2.20. The van der Waals surface area contributed by atoms with E-state index in [1.54, 1.807) is 18.4 Å². The first-order valence-electron chi connectivity index (χ1n) is 7.98. The average Bonchev–Trinajstić information content (AvgIpc) is 3.00.